The molecule has 1 unspecified atom stereocenters. The van der Waals surface area contributed by atoms with Gasteiger partial charge in [-0.25, -0.2) is 4.39 Å². The van der Waals surface area contributed by atoms with E-state index >= 15 is 0 Å². The highest BCUT2D eigenvalue weighted by Crippen LogP contribution is 2.40. The number of benzene rings is 2. The average Bonchev–Trinajstić information content (AvgIpc) is 3.02. The van der Waals surface area contributed by atoms with Crippen LogP contribution in [0.4, 0.5) is 4.39 Å². The molecule has 1 atom stereocenters. The number of halogens is 2. The lowest BCUT2D eigenvalue weighted by atomic mass is 9.95. The molecule has 1 saturated heterocycles. The number of ketones is 1. The van der Waals surface area contributed by atoms with E-state index < -0.39 is 23.5 Å². The largest absolute Gasteiger partial charge is 0.507 e. The summed E-state index contributed by atoms with van der Waals surface area (Å²) in [7, 11) is 0. The molecule has 0 bridgehead atoms. The summed E-state index contributed by atoms with van der Waals surface area (Å²) in [6.07, 6.45) is 0.626. The number of aliphatic hydroxyl groups is 1. The van der Waals surface area contributed by atoms with Gasteiger partial charge in [0.2, 0.25) is 0 Å². The first-order valence-electron chi connectivity index (χ1n) is 10.4. The molecule has 0 saturated carbocycles. The highest BCUT2D eigenvalue weighted by Gasteiger charge is 2.46. The minimum Gasteiger partial charge on any atom is -0.507 e. The van der Waals surface area contributed by atoms with Crippen molar-refractivity contribution in [2.45, 2.75) is 26.3 Å². The molecule has 2 aromatic rings. The van der Waals surface area contributed by atoms with Crippen LogP contribution in [0.5, 0.6) is 0 Å². The number of rotatable bonds is 8. The molecule has 0 aromatic heterocycles. The third-order valence-corrected chi connectivity index (χ3v) is 5.88. The zero-order valence-corrected chi connectivity index (χ0v) is 18.4. The van der Waals surface area contributed by atoms with Crippen LogP contribution in [-0.4, -0.2) is 52.8 Å². The van der Waals surface area contributed by atoms with Gasteiger partial charge in [0.1, 0.15) is 11.6 Å². The fraction of sp³-hybridized carbons (Fsp3) is 0.333. The van der Waals surface area contributed by atoms with Crippen LogP contribution in [0.25, 0.3) is 5.76 Å². The Bertz CT molecular complexity index is 987. The first kappa shape index (κ1) is 23.0. The number of likely N-dealkylation sites (tertiary alicyclic amines) is 1. The summed E-state index contributed by atoms with van der Waals surface area (Å²) in [6, 6.07) is 11.3. The standard InChI is InChI=1S/C24H26ClFN2O3/c1-3-27(4-2)14-7-15-28-21(18-8-5-6-9-19(18)26)20(23(30)24(28)31)22(29)16-10-12-17(25)13-11-16/h5-6,8-13,21,29H,3-4,7,14-15H2,1-2H3/b22-20+. The fourth-order valence-electron chi connectivity index (χ4n) is 3.90. The van der Waals surface area contributed by atoms with Crippen molar-refractivity contribution in [1.29, 1.82) is 0 Å². The molecule has 1 aliphatic rings. The highest BCUT2D eigenvalue weighted by atomic mass is 35.5. The van der Waals surface area contributed by atoms with E-state index in [0.717, 1.165) is 19.6 Å². The summed E-state index contributed by atoms with van der Waals surface area (Å²) in [6.45, 7) is 6.89. The summed E-state index contributed by atoms with van der Waals surface area (Å²) in [4.78, 5) is 29.4. The van der Waals surface area contributed by atoms with E-state index in [4.69, 9.17) is 11.6 Å². The van der Waals surface area contributed by atoms with Gasteiger partial charge >= 0.3 is 0 Å². The lowest BCUT2D eigenvalue weighted by molar-refractivity contribution is -0.140. The second-order valence-electron chi connectivity index (χ2n) is 7.40. The molecule has 5 nitrogen and oxygen atoms in total. The van der Waals surface area contributed by atoms with Gasteiger partial charge in [0.25, 0.3) is 11.7 Å². The normalized spacial score (nSPS) is 18.2. The predicted molar refractivity (Wildman–Crippen MR) is 119 cm³/mol. The average molecular weight is 445 g/mol. The monoisotopic (exact) mass is 444 g/mol. The van der Waals surface area contributed by atoms with Crippen molar-refractivity contribution in [2.24, 2.45) is 0 Å². The molecule has 1 heterocycles. The summed E-state index contributed by atoms with van der Waals surface area (Å²) in [5.41, 5.74) is 0.409. The van der Waals surface area contributed by atoms with Gasteiger partial charge in [0.15, 0.2) is 0 Å². The number of hydrogen-bond donors (Lipinski definition) is 1. The van der Waals surface area contributed by atoms with Crippen molar-refractivity contribution >= 4 is 29.1 Å². The lowest BCUT2D eigenvalue weighted by Gasteiger charge is -2.27. The van der Waals surface area contributed by atoms with Gasteiger partial charge in [-0.05, 0) is 56.4 Å². The molecule has 1 aliphatic heterocycles. The Kier molecular flexibility index (Phi) is 7.46. The van der Waals surface area contributed by atoms with Crippen molar-refractivity contribution < 1.29 is 19.1 Å². The molecule has 3 rings (SSSR count). The maximum atomic E-state index is 14.7. The highest BCUT2D eigenvalue weighted by molar-refractivity contribution is 6.46. The van der Waals surface area contributed by atoms with E-state index in [-0.39, 0.29) is 23.4 Å². The molecule has 0 aliphatic carbocycles. The Labute approximate surface area is 186 Å². The molecule has 164 valence electrons. The maximum absolute atomic E-state index is 14.7. The minimum absolute atomic E-state index is 0.111. The van der Waals surface area contributed by atoms with Crippen molar-refractivity contribution in [3.63, 3.8) is 0 Å². The molecule has 1 amide bonds. The smallest absolute Gasteiger partial charge is 0.295 e. The summed E-state index contributed by atoms with van der Waals surface area (Å²) >= 11 is 5.92. The van der Waals surface area contributed by atoms with E-state index in [0.29, 0.717) is 17.0 Å². The topological polar surface area (TPSA) is 60.9 Å². The first-order valence-corrected chi connectivity index (χ1v) is 10.8. The third-order valence-electron chi connectivity index (χ3n) is 5.63. The van der Waals surface area contributed by atoms with E-state index in [1.165, 1.54) is 11.0 Å². The quantitative estimate of drug-likeness (QED) is 0.366. The second kappa shape index (κ2) is 10.1. The number of nitrogens with zero attached hydrogens (tertiary/aromatic N) is 2. The van der Waals surface area contributed by atoms with Crippen molar-refractivity contribution in [2.75, 3.05) is 26.2 Å². The molecular formula is C24H26ClFN2O3. The molecule has 0 radical (unpaired) electrons. The number of hydrogen-bond acceptors (Lipinski definition) is 4. The van der Waals surface area contributed by atoms with E-state index in [9.17, 15) is 19.1 Å². The molecule has 1 N–H and O–H groups in total. The zero-order valence-electron chi connectivity index (χ0n) is 17.6. The lowest BCUT2D eigenvalue weighted by Crippen LogP contribution is -2.33. The Balaban J connectivity index is 2.04. The Morgan fingerprint density at radius 3 is 2.35 bits per heavy atom. The maximum Gasteiger partial charge on any atom is 0.295 e. The Morgan fingerprint density at radius 2 is 1.74 bits per heavy atom. The fourth-order valence-corrected chi connectivity index (χ4v) is 4.02. The molecule has 7 heteroatoms. The van der Waals surface area contributed by atoms with Gasteiger partial charge in [-0.3, -0.25) is 9.59 Å². The van der Waals surface area contributed by atoms with Crippen LogP contribution >= 0.6 is 11.6 Å². The summed E-state index contributed by atoms with van der Waals surface area (Å²) < 4.78 is 14.7. The number of carbonyl (C=O) groups is 2. The molecule has 1 fully saturated rings. The minimum atomic E-state index is -0.992. The molecule has 2 aromatic carbocycles. The van der Waals surface area contributed by atoms with Crippen molar-refractivity contribution in [1.82, 2.24) is 9.80 Å². The molecule has 0 spiro atoms. The SMILES string of the molecule is CCN(CC)CCCN1C(=O)C(=O)/C(=C(/O)c2ccc(Cl)cc2)C1c1ccccc1F. The van der Waals surface area contributed by atoms with Crippen LogP contribution in [-0.2, 0) is 9.59 Å². The van der Waals surface area contributed by atoms with E-state index in [2.05, 4.69) is 18.7 Å². The van der Waals surface area contributed by atoms with E-state index in [1.807, 2.05) is 0 Å². The third kappa shape index (κ3) is 4.81. The number of aliphatic hydroxyl groups excluding tert-OH is 1. The van der Waals surface area contributed by atoms with Crippen molar-refractivity contribution in [3.8, 4) is 0 Å². The Morgan fingerprint density at radius 1 is 1.10 bits per heavy atom. The summed E-state index contributed by atoms with van der Waals surface area (Å²) in [5, 5.41) is 11.4. The predicted octanol–water partition coefficient (Wildman–Crippen LogP) is 4.63. The van der Waals surface area contributed by atoms with Gasteiger partial charge in [0, 0.05) is 22.7 Å². The van der Waals surface area contributed by atoms with Crippen LogP contribution in [0.1, 0.15) is 37.4 Å². The van der Waals surface area contributed by atoms with Gasteiger partial charge in [-0.2, -0.15) is 0 Å². The van der Waals surface area contributed by atoms with Gasteiger partial charge in [0.05, 0.1) is 11.6 Å². The van der Waals surface area contributed by atoms with Gasteiger partial charge in [-0.1, -0.05) is 43.6 Å². The van der Waals surface area contributed by atoms with Crippen LogP contribution in [0.2, 0.25) is 5.02 Å². The van der Waals surface area contributed by atoms with Crippen LogP contribution < -0.4 is 0 Å². The molecule has 31 heavy (non-hydrogen) atoms. The Hall–Kier alpha value is -2.70. The first-order chi connectivity index (χ1) is 14.9. The number of carbonyl (C=O) groups excluding carboxylic acids is 2. The van der Waals surface area contributed by atoms with E-state index in [1.54, 1.807) is 42.5 Å². The molecular weight excluding hydrogens is 419 g/mol. The van der Waals surface area contributed by atoms with Crippen LogP contribution in [0.3, 0.4) is 0 Å². The van der Waals surface area contributed by atoms with Crippen molar-refractivity contribution in [3.05, 3.63) is 76.1 Å². The summed E-state index contributed by atoms with van der Waals surface area (Å²) in [5.74, 6) is -2.42. The number of amides is 1. The second-order valence-corrected chi connectivity index (χ2v) is 7.84. The zero-order chi connectivity index (χ0) is 22.5. The number of Topliss-reactive ketones (excluding diaryl/α,β-unsaturated/α-hetero) is 1. The van der Waals surface area contributed by atoms with Crippen LogP contribution in [0.15, 0.2) is 54.1 Å². The van der Waals surface area contributed by atoms with Gasteiger partial charge in [-0.15, -0.1) is 0 Å². The van der Waals surface area contributed by atoms with Crippen LogP contribution in [0, 0.1) is 5.82 Å². The van der Waals surface area contributed by atoms with Gasteiger partial charge < -0.3 is 14.9 Å².